The van der Waals surface area contributed by atoms with Crippen LogP contribution in [0.1, 0.15) is 24.1 Å². The maximum Gasteiger partial charge on any atom is 0.171 e. The summed E-state index contributed by atoms with van der Waals surface area (Å²) in [5.74, 6) is -0.417. The third-order valence-corrected chi connectivity index (χ3v) is 4.74. The van der Waals surface area contributed by atoms with Crippen molar-refractivity contribution in [3.8, 4) is 0 Å². The average molecular weight is 405 g/mol. The first-order valence-corrected chi connectivity index (χ1v) is 8.50. The molecule has 0 radical (unpaired) electrons. The molecule has 0 saturated heterocycles. The lowest BCUT2D eigenvalue weighted by Crippen LogP contribution is -2.44. The van der Waals surface area contributed by atoms with Crippen molar-refractivity contribution >= 4 is 44.7 Å². The zero-order chi connectivity index (χ0) is 17.3. The Morgan fingerprint density at radius 2 is 1.83 bits per heavy atom. The zero-order valence-electron chi connectivity index (χ0n) is 12.8. The van der Waals surface area contributed by atoms with E-state index in [1.54, 1.807) is 12.1 Å². The van der Waals surface area contributed by atoms with Crippen LogP contribution in [0.4, 0.5) is 4.39 Å². The highest BCUT2D eigenvalue weighted by molar-refractivity contribution is 9.10. The van der Waals surface area contributed by atoms with Crippen LogP contribution in [0.25, 0.3) is 5.70 Å². The molecule has 1 heterocycles. The van der Waals surface area contributed by atoms with Crippen LogP contribution >= 0.6 is 28.1 Å². The van der Waals surface area contributed by atoms with Crippen molar-refractivity contribution in [2.24, 2.45) is 0 Å². The van der Waals surface area contributed by atoms with Gasteiger partial charge in [-0.1, -0.05) is 34.1 Å². The highest BCUT2D eigenvalue weighted by Crippen LogP contribution is 2.34. The summed E-state index contributed by atoms with van der Waals surface area (Å²) in [5.41, 5.74) is 2.78. The molecule has 0 aliphatic carbocycles. The fourth-order valence-corrected chi connectivity index (χ4v) is 3.46. The van der Waals surface area contributed by atoms with Crippen LogP contribution in [0, 0.1) is 5.82 Å². The maximum absolute atomic E-state index is 13.2. The summed E-state index contributed by atoms with van der Waals surface area (Å²) in [6, 6.07) is 13.3. The molecule has 122 valence electrons. The maximum atomic E-state index is 13.2. The number of hydrogen-bond donors (Lipinski definition) is 2. The van der Waals surface area contributed by atoms with E-state index in [1.165, 1.54) is 19.1 Å². The molecule has 0 saturated carbocycles. The summed E-state index contributed by atoms with van der Waals surface area (Å²) in [5, 5.41) is 6.61. The first-order valence-electron chi connectivity index (χ1n) is 7.30. The predicted molar refractivity (Wildman–Crippen MR) is 99.8 cm³/mol. The Bertz CT molecular complexity index is 848. The standard InChI is InChI=1S/C18H14BrFN2OS/c1-10(23)15-16(11-6-8-12(20)9-7-11)21-18(24)22-17(15)13-4-2-3-5-14(13)19/h2-9,17H,1H3,(H2,21,22,24)/t17-/m0/s1. The smallest absolute Gasteiger partial charge is 0.171 e. The van der Waals surface area contributed by atoms with Crippen molar-refractivity contribution < 1.29 is 9.18 Å². The van der Waals surface area contributed by atoms with Crippen LogP contribution in [0.5, 0.6) is 0 Å². The summed E-state index contributed by atoms with van der Waals surface area (Å²) in [7, 11) is 0. The summed E-state index contributed by atoms with van der Waals surface area (Å²) in [6.45, 7) is 1.51. The van der Waals surface area contributed by atoms with Gasteiger partial charge in [-0.05, 0) is 60.6 Å². The molecule has 1 aliphatic heterocycles. The second kappa shape index (κ2) is 6.83. The first-order chi connectivity index (χ1) is 11.5. The number of benzene rings is 2. The van der Waals surface area contributed by atoms with Crippen LogP contribution in [0.2, 0.25) is 0 Å². The van der Waals surface area contributed by atoms with Crippen molar-refractivity contribution in [3.05, 3.63) is 75.5 Å². The van der Waals surface area contributed by atoms with Crippen molar-refractivity contribution in [2.75, 3.05) is 0 Å². The Balaban J connectivity index is 2.20. The molecular weight excluding hydrogens is 391 g/mol. The van der Waals surface area contributed by atoms with E-state index < -0.39 is 0 Å². The average Bonchev–Trinajstić information content (AvgIpc) is 2.55. The van der Waals surface area contributed by atoms with Gasteiger partial charge in [0.05, 0.1) is 11.7 Å². The Morgan fingerprint density at radius 3 is 2.46 bits per heavy atom. The summed E-state index contributed by atoms with van der Waals surface area (Å²) in [6.07, 6.45) is 0. The normalized spacial score (nSPS) is 17.3. The van der Waals surface area contributed by atoms with E-state index in [-0.39, 0.29) is 17.6 Å². The van der Waals surface area contributed by atoms with Crippen LogP contribution in [-0.4, -0.2) is 10.9 Å². The second-order valence-corrected chi connectivity index (χ2v) is 6.67. The number of rotatable bonds is 3. The molecule has 0 aromatic heterocycles. The molecule has 0 unspecified atom stereocenters. The fraction of sp³-hybridized carbons (Fsp3) is 0.111. The van der Waals surface area contributed by atoms with Gasteiger partial charge in [0.25, 0.3) is 0 Å². The molecule has 0 bridgehead atoms. The number of halogens is 2. The number of ketones is 1. The molecule has 1 aliphatic rings. The number of hydrogen-bond acceptors (Lipinski definition) is 2. The minimum absolute atomic E-state index is 0.0856. The Kier molecular flexibility index (Phi) is 4.78. The van der Waals surface area contributed by atoms with Crippen molar-refractivity contribution in [1.29, 1.82) is 0 Å². The molecule has 0 fully saturated rings. The second-order valence-electron chi connectivity index (χ2n) is 5.40. The van der Waals surface area contributed by atoms with E-state index in [1.807, 2.05) is 24.3 Å². The van der Waals surface area contributed by atoms with E-state index >= 15 is 0 Å². The molecule has 2 aromatic carbocycles. The molecule has 0 spiro atoms. The molecule has 1 atom stereocenters. The van der Waals surface area contributed by atoms with Gasteiger partial charge in [0.1, 0.15) is 5.82 Å². The van der Waals surface area contributed by atoms with E-state index in [2.05, 4.69) is 26.6 Å². The van der Waals surface area contributed by atoms with Gasteiger partial charge in [-0.3, -0.25) is 4.79 Å². The number of carbonyl (C=O) groups excluding carboxylic acids is 1. The zero-order valence-corrected chi connectivity index (χ0v) is 15.2. The summed E-state index contributed by atoms with van der Waals surface area (Å²) in [4.78, 5) is 12.4. The Morgan fingerprint density at radius 1 is 1.17 bits per heavy atom. The molecular formula is C18H14BrFN2OS. The molecule has 6 heteroatoms. The van der Waals surface area contributed by atoms with Crippen molar-refractivity contribution in [3.63, 3.8) is 0 Å². The van der Waals surface area contributed by atoms with Gasteiger partial charge in [-0.25, -0.2) is 4.39 Å². The lowest BCUT2D eigenvalue weighted by molar-refractivity contribution is -0.113. The monoisotopic (exact) mass is 404 g/mol. The van der Waals surface area contributed by atoms with Gasteiger partial charge in [0.2, 0.25) is 0 Å². The number of Topliss-reactive ketones (excluding diaryl/α,β-unsaturated/α-hetero) is 1. The van der Waals surface area contributed by atoms with E-state index in [0.717, 1.165) is 10.0 Å². The van der Waals surface area contributed by atoms with Crippen molar-refractivity contribution in [1.82, 2.24) is 10.6 Å². The minimum atomic E-state index is -0.383. The fourth-order valence-electron chi connectivity index (χ4n) is 2.73. The molecule has 3 rings (SSSR count). The molecule has 24 heavy (non-hydrogen) atoms. The van der Waals surface area contributed by atoms with Crippen LogP contribution < -0.4 is 10.6 Å². The predicted octanol–water partition coefficient (Wildman–Crippen LogP) is 4.11. The topological polar surface area (TPSA) is 41.1 Å². The van der Waals surface area contributed by atoms with E-state index in [0.29, 0.717) is 21.9 Å². The molecule has 3 nitrogen and oxygen atoms in total. The minimum Gasteiger partial charge on any atom is -0.351 e. The third-order valence-electron chi connectivity index (χ3n) is 3.80. The summed E-state index contributed by atoms with van der Waals surface area (Å²) >= 11 is 8.84. The van der Waals surface area contributed by atoms with Gasteiger partial charge in [0.15, 0.2) is 10.9 Å². The van der Waals surface area contributed by atoms with Gasteiger partial charge < -0.3 is 10.6 Å². The van der Waals surface area contributed by atoms with Crippen LogP contribution in [0.3, 0.4) is 0 Å². The van der Waals surface area contributed by atoms with Crippen LogP contribution in [0.15, 0.2) is 58.6 Å². The van der Waals surface area contributed by atoms with Crippen molar-refractivity contribution in [2.45, 2.75) is 13.0 Å². The highest BCUT2D eigenvalue weighted by Gasteiger charge is 2.31. The molecule has 2 N–H and O–H groups in total. The first kappa shape index (κ1) is 16.8. The number of thiocarbonyl (C=S) groups is 1. The molecule has 2 aromatic rings. The van der Waals surface area contributed by atoms with E-state index in [4.69, 9.17) is 12.2 Å². The number of nitrogens with one attached hydrogen (secondary N) is 2. The Labute approximate surface area is 153 Å². The van der Waals surface area contributed by atoms with Gasteiger partial charge in [-0.2, -0.15) is 0 Å². The van der Waals surface area contributed by atoms with Gasteiger partial charge >= 0.3 is 0 Å². The number of carbonyl (C=O) groups is 1. The lowest BCUT2D eigenvalue weighted by atomic mass is 9.90. The van der Waals surface area contributed by atoms with Gasteiger partial charge in [-0.15, -0.1) is 0 Å². The lowest BCUT2D eigenvalue weighted by Gasteiger charge is -2.31. The highest BCUT2D eigenvalue weighted by atomic mass is 79.9. The Hall–Kier alpha value is -2.05. The van der Waals surface area contributed by atoms with Crippen LogP contribution in [-0.2, 0) is 4.79 Å². The van der Waals surface area contributed by atoms with Gasteiger partial charge in [0, 0.05) is 10.0 Å². The molecule has 0 amide bonds. The SMILES string of the molecule is CC(=O)C1=C(c2ccc(F)cc2)NC(=S)N[C@H]1c1ccccc1Br. The quantitative estimate of drug-likeness (QED) is 0.755. The summed E-state index contributed by atoms with van der Waals surface area (Å²) < 4.78 is 14.1. The third kappa shape index (κ3) is 3.25. The van der Waals surface area contributed by atoms with E-state index in [9.17, 15) is 9.18 Å². The largest absolute Gasteiger partial charge is 0.351 e.